The van der Waals surface area contributed by atoms with Gasteiger partial charge in [0.1, 0.15) is 6.54 Å². The highest BCUT2D eigenvalue weighted by atomic mass is 19.1. The molecule has 8 heteroatoms. The van der Waals surface area contributed by atoms with Crippen molar-refractivity contribution in [1.82, 2.24) is 14.5 Å². The number of alkyl halides is 1. The maximum atomic E-state index is 14.2. The Labute approximate surface area is 136 Å². The lowest BCUT2D eigenvalue weighted by Gasteiger charge is -2.36. The van der Waals surface area contributed by atoms with Gasteiger partial charge in [0.25, 0.3) is 5.56 Å². The van der Waals surface area contributed by atoms with Crippen LogP contribution in [-0.4, -0.2) is 50.8 Å². The SMILES string of the molecule is O=C(Cn1c(=O)[nH]c2ccccc2c1=O)N1CCCC(F)(CO)C1. The molecule has 1 amide bonds. The first-order chi connectivity index (χ1) is 11.4. The molecule has 2 aromatic rings. The largest absolute Gasteiger partial charge is 0.393 e. The molecule has 1 aromatic carbocycles. The number of hydrogen-bond donors (Lipinski definition) is 2. The summed E-state index contributed by atoms with van der Waals surface area (Å²) in [4.78, 5) is 40.7. The van der Waals surface area contributed by atoms with Gasteiger partial charge in [0.15, 0.2) is 5.67 Å². The Bertz CT molecular complexity index is 891. The number of hydrogen-bond acceptors (Lipinski definition) is 4. The molecule has 1 unspecified atom stereocenters. The average Bonchev–Trinajstić information content (AvgIpc) is 2.58. The van der Waals surface area contributed by atoms with Gasteiger partial charge in [-0.2, -0.15) is 0 Å². The molecule has 0 saturated carbocycles. The molecule has 1 saturated heterocycles. The van der Waals surface area contributed by atoms with Crippen molar-refractivity contribution in [1.29, 1.82) is 0 Å². The Balaban J connectivity index is 1.88. The fraction of sp³-hybridized carbons (Fsp3) is 0.438. The fourth-order valence-electron chi connectivity index (χ4n) is 3.01. The van der Waals surface area contributed by atoms with Gasteiger partial charge in [0, 0.05) is 6.54 Å². The molecule has 1 aromatic heterocycles. The second kappa shape index (κ2) is 6.20. The van der Waals surface area contributed by atoms with Crippen molar-refractivity contribution in [3.63, 3.8) is 0 Å². The number of benzene rings is 1. The predicted molar refractivity (Wildman–Crippen MR) is 85.6 cm³/mol. The smallest absolute Gasteiger partial charge is 0.329 e. The average molecular weight is 335 g/mol. The molecular formula is C16H18FN3O4. The molecule has 0 spiro atoms. The molecule has 3 rings (SSSR count). The number of H-pyrrole nitrogens is 1. The number of halogens is 1. The lowest BCUT2D eigenvalue weighted by Crippen LogP contribution is -2.51. The first kappa shape index (κ1) is 16.4. The van der Waals surface area contributed by atoms with Gasteiger partial charge < -0.3 is 15.0 Å². The van der Waals surface area contributed by atoms with E-state index in [0.29, 0.717) is 23.9 Å². The number of aliphatic hydroxyl groups excluding tert-OH is 1. The summed E-state index contributed by atoms with van der Waals surface area (Å²) >= 11 is 0. The number of piperidine rings is 1. The van der Waals surface area contributed by atoms with Crippen molar-refractivity contribution in [3.05, 3.63) is 45.1 Å². The number of amides is 1. The molecule has 0 bridgehead atoms. The summed E-state index contributed by atoms with van der Waals surface area (Å²) < 4.78 is 15.1. The third-order valence-electron chi connectivity index (χ3n) is 4.35. The van der Waals surface area contributed by atoms with Gasteiger partial charge in [-0.3, -0.25) is 14.2 Å². The van der Waals surface area contributed by atoms with Crippen molar-refractivity contribution in [2.75, 3.05) is 19.7 Å². The Kier molecular flexibility index (Phi) is 4.23. The van der Waals surface area contributed by atoms with Crippen LogP contribution in [0.3, 0.4) is 0 Å². The molecule has 1 fully saturated rings. The van der Waals surface area contributed by atoms with Crippen LogP contribution >= 0.6 is 0 Å². The predicted octanol–water partition coefficient (Wildman–Crippen LogP) is 0.0128. The highest BCUT2D eigenvalue weighted by Gasteiger charge is 2.36. The van der Waals surface area contributed by atoms with E-state index in [9.17, 15) is 18.8 Å². The summed E-state index contributed by atoms with van der Waals surface area (Å²) in [6.07, 6.45) is 0.607. The topological polar surface area (TPSA) is 95.4 Å². The van der Waals surface area contributed by atoms with Crippen LogP contribution < -0.4 is 11.2 Å². The molecular weight excluding hydrogens is 317 g/mol. The number of aromatic amines is 1. The number of likely N-dealkylation sites (tertiary alicyclic amines) is 1. The highest BCUT2D eigenvalue weighted by molar-refractivity contribution is 5.79. The van der Waals surface area contributed by atoms with Gasteiger partial charge in [-0.1, -0.05) is 12.1 Å². The van der Waals surface area contributed by atoms with Crippen molar-refractivity contribution in [3.8, 4) is 0 Å². The number of nitrogens with zero attached hydrogens (tertiary/aromatic N) is 2. The van der Waals surface area contributed by atoms with E-state index in [2.05, 4.69) is 4.98 Å². The summed E-state index contributed by atoms with van der Waals surface area (Å²) in [6, 6.07) is 6.52. The molecule has 24 heavy (non-hydrogen) atoms. The minimum absolute atomic E-state index is 0.184. The molecule has 0 aliphatic carbocycles. The highest BCUT2D eigenvalue weighted by Crippen LogP contribution is 2.24. The molecule has 2 heterocycles. The third-order valence-corrected chi connectivity index (χ3v) is 4.35. The second-order valence-electron chi connectivity index (χ2n) is 6.09. The number of rotatable bonds is 3. The third kappa shape index (κ3) is 2.96. The van der Waals surface area contributed by atoms with Crippen LogP contribution in [0.15, 0.2) is 33.9 Å². The van der Waals surface area contributed by atoms with E-state index in [4.69, 9.17) is 5.11 Å². The number of aliphatic hydroxyl groups is 1. The quantitative estimate of drug-likeness (QED) is 0.826. The Hall–Kier alpha value is -2.48. The summed E-state index contributed by atoms with van der Waals surface area (Å²) in [5.41, 5.74) is -2.67. The number of carbonyl (C=O) groups is 1. The number of para-hydroxylation sites is 1. The van der Waals surface area contributed by atoms with Gasteiger partial charge >= 0.3 is 5.69 Å². The van der Waals surface area contributed by atoms with Gasteiger partial charge in [-0.15, -0.1) is 0 Å². The van der Waals surface area contributed by atoms with Crippen molar-refractivity contribution in [2.24, 2.45) is 0 Å². The van der Waals surface area contributed by atoms with Crippen LogP contribution in [0.25, 0.3) is 10.9 Å². The van der Waals surface area contributed by atoms with Crippen molar-refractivity contribution < 1.29 is 14.3 Å². The maximum absolute atomic E-state index is 14.2. The Morgan fingerprint density at radius 1 is 1.33 bits per heavy atom. The second-order valence-corrected chi connectivity index (χ2v) is 6.09. The Morgan fingerprint density at radius 2 is 2.08 bits per heavy atom. The summed E-state index contributed by atoms with van der Waals surface area (Å²) in [6.45, 7) is -1.01. The lowest BCUT2D eigenvalue weighted by molar-refractivity contribution is -0.137. The molecule has 2 N–H and O–H groups in total. The van der Waals surface area contributed by atoms with Crippen LogP contribution in [0.5, 0.6) is 0 Å². The standard InChI is InChI=1S/C16H18FN3O4/c17-16(10-21)6-3-7-19(9-16)13(22)8-20-14(23)11-4-1-2-5-12(11)18-15(20)24/h1-2,4-5,21H,3,6-10H2,(H,18,24). The molecule has 1 atom stereocenters. The summed E-state index contributed by atoms with van der Waals surface area (Å²) in [7, 11) is 0. The van der Waals surface area contributed by atoms with Crippen molar-refractivity contribution >= 4 is 16.8 Å². The van der Waals surface area contributed by atoms with E-state index in [0.717, 1.165) is 4.57 Å². The monoisotopic (exact) mass is 335 g/mol. The fourth-order valence-corrected chi connectivity index (χ4v) is 3.01. The van der Waals surface area contributed by atoms with E-state index in [1.54, 1.807) is 24.3 Å². The molecule has 1 aliphatic heterocycles. The van der Waals surface area contributed by atoms with Crippen LogP contribution in [0, 0.1) is 0 Å². The number of aromatic nitrogens is 2. The van der Waals surface area contributed by atoms with Crippen LogP contribution in [-0.2, 0) is 11.3 Å². The molecule has 1 aliphatic rings. The number of nitrogens with one attached hydrogen (secondary N) is 1. The number of fused-ring (bicyclic) bond motifs is 1. The zero-order valence-corrected chi connectivity index (χ0v) is 13.0. The maximum Gasteiger partial charge on any atom is 0.329 e. The van der Waals surface area contributed by atoms with Gasteiger partial charge in [0.05, 0.1) is 24.1 Å². The lowest BCUT2D eigenvalue weighted by atomic mass is 9.95. The summed E-state index contributed by atoms with van der Waals surface area (Å²) in [5.74, 6) is -0.520. The number of carbonyl (C=O) groups excluding carboxylic acids is 1. The summed E-state index contributed by atoms with van der Waals surface area (Å²) in [5, 5.41) is 9.43. The van der Waals surface area contributed by atoms with E-state index < -0.39 is 36.0 Å². The van der Waals surface area contributed by atoms with E-state index >= 15 is 0 Å². The van der Waals surface area contributed by atoms with Crippen LogP contribution in [0.1, 0.15) is 12.8 Å². The van der Waals surface area contributed by atoms with Gasteiger partial charge in [-0.25, -0.2) is 9.18 Å². The zero-order chi connectivity index (χ0) is 17.3. The van der Waals surface area contributed by atoms with Crippen LogP contribution in [0.4, 0.5) is 4.39 Å². The van der Waals surface area contributed by atoms with Gasteiger partial charge in [0.2, 0.25) is 5.91 Å². The first-order valence-electron chi connectivity index (χ1n) is 7.73. The van der Waals surface area contributed by atoms with Crippen LogP contribution in [0.2, 0.25) is 0 Å². The van der Waals surface area contributed by atoms with E-state index in [1.807, 2.05) is 0 Å². The van der Waals surface area contributed by atoms with E-state index in [1.165, 1.54) is 4.90 Å². The molecule has 7 nitrogen and oxygen atoms in total. The van der Waals surface area contributed by atoms with Crippen molar-refractivity contribution in [2.45, 2.75) is 25.1 Å². The Morgan fingerprint density at radius 3 is 2.83 bits per heavy atom. The van der Waals surface area contributed by atoms with Gasteiger partial charge in [-0.05, 0) is 25.0 Å². The zero-order valence-electron chi connectivity index (χ0n) is 13.0. The van der Waals surface area contributed by atoms with E-state index in [-0.39, 0.29) is 13.0 Å². The molecule has 128 valence electrons. The molecule has 0 radical (unpaired) electrons. The minimum atomic E-state index is -1.82. The minimum Gasteiger partial charge on any atom is -0.393 e. The normalized spacial score (nSPS) is 21.2. The first-order valence-corrected chi connectivity index (χ1v) is 7.73.